The molecule has 0 aliphatic heterocycles. The molecule has 1 amide bonds. The molecule has 0 aliphatic carbocycles. The SMILES string of the molecule is C[C@H](OC(=O)CC(C)(C)C)C(=O)Nc1ccccc1. The molecule has 1 atom stereocenters. The Hall–Kier alpha value is -1.84. The fourth-order valence-corrected chi connectivity index (χ4v) is 1.49. The van der Waals surface area contributed by atoms with E-state index < -0.39 is 6.10 Å². The largest absolute Gasteiger partial charge is 0.453 e. The number of amides is 1. The summed E-state index contributed by atoms with van der Waals surface area (Å²) in [7, 11) is 0. The van der Waals surface area contributed by atoms with Crippen LogP contribution in [0.4, 0.5) is 5.69 Å². The van der Waals surface area contributed by atoms with E-state index in [-0.39, 0.29) is 23.7 Å². The zero-order chi connectivity index (χ0) is 14.5. The second-order valence-corrected chi connectivity index (χ2v) is 5.72. The minimum Gasteiger partial charge on any atom is -0.453 e. The number of hydrogen-bond acceptors (Lipinski definition) is 3. The number of carbonyl (C=O) groups is 2. The maximum absolute atomic E-state index is 11.8. The molecule has 1 N–H and O–H groups in total. The van der Waals surface area contributed by atoms with E-state index in [1.807, 2.05) is 39.0 Å². The van der Waals surface area contributed by atoms with Crippen LogP contribution in [0.5, 0.6) is 0 Å². The minimum absolute atomic E-state index is 0.146. The van der Waals surface area contributed by atoms with Gasteiger partial charge in [-0.05, 0) is 24.5 Å². The van der Waals surface area contributed by atoms with E-state index in [1.165, 1.54) is 0 Å². The van der Waals surface area contributed by atoms with Crippen molar-refractivity contribution in [2.24, 2.45) is 5.41 Å². The molecule has 4 nitrogen and oxygen atoms in total. The third-order valence-electron chi connectivity index (χ3n) is 2.39. The Balaban J connectivity index is 2.47. The molecule has 0 radical (unpaired) electrons. The van der Waals surface area contributed by atoms with Gasteiger partial charge in [-0.3, -0.25) is 9.59 Å². The van der Waals surface area contributed by atoms with E-state index in [1.54, 1.807) is 19.1 Å². The lowest BCUT2D eigenvalue weighted by atomic mass is 9.92. The molecule has 1 rings (SSSR count). The average molecular weight is 263 g/mol. The van der Waals surface area contributed by atoms with Crippen LogP contribution in [0, 0.1) is 5.41 Å². The smallest absolute Gasteiger partial charge is 0.307 e. The van der Waals surface area contributed by atoms with Gasteiger partial charge >= 0.3 is 5.97 Å². The molecule has 104 valence electrons. The number of benzene rings is 1. The van der Waals surface area contributed by atoms with Gasteiger partial charge in [-0.2, -0.15) is 0 Å². The van der Waals surface area contributed by atoms with E-state index in [0.717, 1.165) is 0 Å². The van der Waals surface area contributed by atoms with Crippen molar-refractivity contribution >= 4 is 17.6 Å². The van der Waals surface area contributed by atoms with Crippen LogP contribution >= 0.6 is 0 Å². The Morgan fingerprint density at radius 3 is 2.32 bits per heavy atom. The molecule has 0 spiro atoms. The first-order chi connectivity index (χ1) is 8.78. The summed E-state index contributed by atoms with van der Waals surface area (Å²) >= 11 is 0. The monoisotopic (exact) mass is 263 g/mol. The first-order valence-electron chi connectivity index (χ1n) is 6.33. The van der Waals surface area contributed by atoms with Gasteiger partial charge in [0.25, 0.3) is 5.91 Å². The van der Waals surface area contributed by atoms with Crippen molar-refractivity contribution in [3.8, 4) is 0 Å². The summed E-state index contributed by atoms with van der Waals surface area (Å²) < 4.78 is 5.11. The standard InChI is InChI=1S/C15H21NO3/c1-11(19-13(17)10-15(2,3)4)14(18)16-12-8-6-5-7-9-12/h5-9,11H,10H2,1-4H3,(H,16,18)/t11-/m0/s1. The van der Waals surface area contributed by atoms with Crippen molar-refractivity contribution in [1.29, 1.82) is 0 Å². The highest BCUT2D eigenvalue weighted by Gasteiger charge is 2.22. The molecular formula is C15H21NO3. The normalized spacial score (nSPS) is 12.6. The third-order valence-corrected chi connectivity index (χ3v) is 2.39. The third kappa shape index (κ3) is 6.04. The van der Waals surface area contributed by atoms with Gasteiger partial charge in [0, 0.05) is 5.69 Å². The molecule has 19 heavy (non-hydrogen) atoms. The molecule has 4 heteroatoms. The fourth-order valence-electron chi connectivity index (χ4n) is 1.49. The molecule has 1 aromatic carbocycles. The van der Waals surface area contributed by atoms with Crippen LogP contribution in [-0.2, 0) is 14.3 Å². The fraction of sp³-hybridized carbons (Fsp3) is 0.467. The molecule has 0 saturated carbocycles. The Morgan fingerprint density at radius 2 is 1.79 bits per heavy atom. The summed E-state index contributed by atoms with van der Waals surface area (Å²) in [5.41, 5.74) is 0.540. The van der Waals surface area contributed by atoms with Crippen LogP contribution in [-0.4, -0.2) is 18.0 Å². The molecule has 0 saturated heterocycles. The zero-order valence-electron chi connectivity index (χ0n) is 11.9. The Kier molecular flexibility index (Phi) is 5.10. The molecule has 0 aromatic heterocycles. The van der Waals surface area contributed by atoms with Gasteiger partial charge in [-0.25, -0.2) is 0 Å². The summed E-state index contributed by atoms with van der Waals surface area (Å²) in [4.78, 5) is 23.4. The molecule has 0 aliphatic rings. The van der Waals surface area contributed by atoms with E-state index >= 15 is 0 Å². The maximum atomic E-state index is 11.8. The van der Waals surface area contributed by atoms with Crippen LogP contribution < -0.4 is 5.32 Å². The molecule has 0 heterocycles. The van der Waals surface area contributed by atoms with Crippen LogP contribution in [0.1, 0.15) is 34.1 Å². The number of hydrogen-bond donors (Lipinski definition) is 1. The predicted molar refractivity (Wildman–Crippen MR) is 74.7 cm³/mol. The Morgan fingerprint density at radius 1 is 1.21 bits per heavy atom. The number of rotatable bonds is 4. The summed E-state index contributed by atoms with van der Waals surface area (Å²) in [6, 6.07) is 9.07. The van der Waals surface area contributed by atoms with Crippen molar-refractivity contribution in [2.45, 2.75) is 40.2 Å². The lowest BCUT2D eigenvalue weighted by Gasteiger charge is -2.19. The van der Waals surface area contributed by atoms with E-state index in [0.29, 0.717) is 5.69 Å². The number of carbonyl (C=O) groups excluding carboxylic acids is 2. The van der Waals surface area contributed by atoms with Gasteiger partial charge in [0.05, 0.1) is 6.42 Å². The van der Waals surface area contributed by atoms with Crippen LogP contribution in [0.3, 0.4) is 0 Å². The average Bonchev–Trinajstić information content (AvgIpc) is 2.27. The highest BCUT2D eigenvalue weighted by Crippen LogP contribution is 2.19. The summed E-state index contributed by atoms with van der Waals surface area (Å²) in [6.45, 7) is 7.41. The lowest BCUT2D eigenvalue weighted by Crippen LogP contribution is -2.31. The Labute approximate surface area is 114 Å². The van der Waals surface area contributed by atoms with Crippen molar-refractivity contribution in [3.63, 3.8) is 0 Å². The van der Waals surface area contributed by atoms with Gasteiger partial charge in [-0.15, -0.1) is 0 Å². The summed E-state index contributed by atoms with van der Waals surface area (Å²) in [5.74, 6) is -0.684. The quantitative estimate of drug-likeness (QED) is 0.850. The van der Waals surface area contributed by atoms with Crippen molar-refractivity contribution in [2.75, 3.05) is 5.32 Å². The van der Waals surface area contributed by atoms with Crippen molar-refractivity contribution < 1.29 is 14.3 Å². The van der Waals surface area contributed by atoms with Gasteiger partial charge in [0.2, 0.25) is 0 Å². The highest BCUT2D eigenvalue weighted by molar-refractivity contribution is 5.95. The van der Waals surface area contributed by atoms with E-state index in [4.69, 9.17) is 4.74 Å². The number of anilines is 1. The molecule has 0 unspecified atom stereocenters. The molecule has 1 aromatic rings. The van der Waals surface area contributed by atoms with Crippen LogP contribution in [0.2, 0.25) is 0 Å². The molecule has 0 bridgehead atoms. The maximum Gasteiger partial charge on any atom is 0.307 e. The summed E-state index contributed by atoms with van der Waals surface area (Å²) in [6.07, 6.45) is -0.509. The molecule has 0 fully saturated rings. The van der Waals surface area contributed by atoms with Crippen LogP contribution in [0.25, 0.3) is 0 Å². The lowest BCUT2D eigenvalue weighted by molar-refractivity contribution is -0.154. The zero-order valence-corrected chi connectivity index (χ0v) is 11.9. The second kappa shape index (κ2) is 6.36. The number of nitrogens with one attached hydrogen (secondary N) is 1. The van der Waals surface area contributed by atoms with Crippen LogP contribution in [0.15, 0.2) is 30.3 Å². The van der Waals surface area contributed by atoms with E-state index in [2.05, 4.69) is 5.32 Å². The van der Waals surface area contributed by atoms with E-state index in [9.17, 15) is 9.59 Å². The van der Waals surface area contributed by atoms with Gasteiger partial charge in [0.15, 0.2) is 6.10 Å². The van der Waals surface area contributed by atoms with Gasteiger partial charge in [-0.1, -0.05) is 39.0 Å². The first-order valence-corrected chi connectivity index (χ1v) is 6.33. The predicted octanol–water partition coefficient (Wildman–Crippen LogP) is 2.99. The van der Waals surface area contributed by atoms with Gasteiger partial charge < -0.3 is 10.1 Å². The topological polar surface area (TPSA) is 55.4 Å². The number of ether oxygens (including phenoxy) is 1. The minimum atomic E-state index is -0.796. The number of para-hydroxylation sites is 1. The summed E-state index contributed by atoms with van der Waals surface area (Å²) in [5, 5.41) is 2.69. The van der Waals surface area contributed by atoms with Crippen molar-refractivity contribution in [3.05, 3.63) is 30.3 Å². The first kappa shape index (κ1) is 15.2. The van der Waals surface area contributed by atoms with Gasteiger partial charge in [0.1, 0.15) is 0 Å². The number of esters is 1. The second-order valence-electron chi connectivity index (χ2n) is 5.72. The Bertz CT molecular complexity index is 434. The van der Waals surface area contributed by atoms with Crippen molar-refractivity contribution in [1.82, 2.24) is 0 Å². The highest BCUT2D eigenvalue weighted by atomic mass is 16.5. The molecular weight excluding hydrogens is 242 g/mol.